The van der Waals surface area contributed by atoms with E-state index in [9.17, 15) is 4.39 Å². The van der Waals surface area contributed by atoms with Crippen LogP contribution in [0.5, 0.6) is 0 Å². The highest BCUT2D eigenvalue weighted by atomic mass is 35.5. The molecule has 21 heavy (non-hydrogen) atoms. The van der Waals surface area contributed by atoms with Crippen LogP contribution in [0.4, 0.5) is 10.3 Å². The molecule has 2 aromatic carbocycles. The molecule has 0 aliphatic carbocycles. The van der Waals surface area contributed by atoms with Crippen LogP contribution in [0.1, 0.15) is 11.1 Å². The lowest BCUT2D eigenvalue weighted by atomic mass is 10.1. The van der Waals surface area contributed by atoms with E-state index in [1.165, 1.54) is 12.1 Å². The van der Waals surface area contributed by atoms with E-state index in [1.807, 2.05) is 13.0 Å². The van der Waals surface area contributed by atoms with Crippen LogP contribution in [0.2, 0.25) is 5.02 Å². The minimum absolute atomic E-state index is 0.00496. The second kappa shape index (κ2) is 4.76. The van der Waals surface area contributed by atoms with Gasteiger partial charge < -0.3 is 5.73 Å². The number of aromatic nitrogens is 2. The van der Waals surface area contributed by atoms with Gasteiger partial charge in [-0.1, -0.05) is 17.7 Å². The fourth-order valence-electron chi connectivity index (χ4n) is 2.26. The Kier molecular flexibility index (Phi) is 3.04. The lowest BCUT2D eigenvalue weighted by Gasteiger charge is -2.10. The largest absolute Gasteiger partial charge is 0.369 e. The molecule has 0 amide bonds. The van der Waals surface area contributed by atoms with Gasteiger partial charge in [-0.3, -0.25) is 4.57 Å². The molecule has 6 heteroatoms. The van der Waals surface area contributed by atoms with Gasteiger partial charge in [0.2, 0.25) is 5.95 Å². The van der Waals surface area contributed by atoms with Crippen LogP contribution in [0.15, 0.2) is 30.3 Å². The molecule has 0 saturated heterocycles. The predicted octanol–water partition coefficient (Wildman–Crippen LogP) is 3.58. The third-order valence-electron chi connectivity index (χ3n) is 3.30. The summed E-state index contributed by atoms with van der Waals surface area (Å²) in [5.41, 5.74) is 9.04. The summed E-state index contributed by atoms with van der Waals surface area (Å²) in [5.74, 6) is -0.329. The molecule has 2 N–H and O–H groups in total. The quantitative estimate of drug-likeness (QED) is 0.747. The summed E-state index contributed by atoms with van der Waals surface area (Å²) in [7, 11) is 0. The molecule has 0 atom stereocenters. The lowest BCUT2D eigenvalue weighted by Crippen LogP contribution is -2.03. The third kappa shape index (κ3) is 2.10. The van der Waals surface area contributed by atoms with E-state index in [1.54, 1.807) is 16.7 Å². The molecule has 0 saturated carbocycles. The number of rotatable bonds is 1. The smallest absolute Gasteiger partial charge is 0.205 e. The summed E-state index contributed by atoms with van der Waals surface area (Å²) < 4.78 is 15.3. The van der Waals surface area contributed by atoms with E-state index in [0.29, 0.717) is 22.3 Å². The molecule has 3 aromatic rings. The van der Waals surface area contributed by atoms with Crippen molar-refractivity contribution in [2.75, 3.05) is 5.73 Å². The molecule has 0 aliphatic rings. The highest BCUT2D eigenvalue weighted by Crippen LogP contribution is 2.29. The number of imidazole rings is 1. The molecule has 3 rings (SSSR count). The van der Waals surface area contributed by atoms with E-state index in [2.05, 4.69) is 11.1 Å². The molecule has 1 aromatic heterocycles. The molecular weight excluding hydrogens is 291 g/mol. The number of hydrogen-bond donors (Lipinski definition) is 1. The van der Waals surface area contributed by atoms with Gasteiger partial charge >= 0.3 is 0 Å². The average molecular weight is 301 g/mol. The maximum Gasteiger partial charge on any atom is 0.205 e. The van der Waals surface area contributed by atoms with Crippen LogP contribution in [0, 0.1) is 24.1 Å². The summed E-state index contributed by atoms with van der Waals surface area (Å²) in [4.78, 5) is 4.19. The Bertz CT molecular complexity index is 908. The molecule has 0 fully saturated rings. The maximum atomic E-state index is 13.7. The summed E-state index contributed by atoms with van der Waals surface area (Å²) in [5, 5.41) is 9.03. The van der Waals surface area contributed by atoms with E-state index in [4.69, 9.17) is 22.6 Å². The first kappa shape index (κ1) is 13.4. The lowest BCUT2D eigenvalue weighted by molar-refractivity contribution is 0.629. The molecule has 0 spiro atoms. The van der Waals surface area contributed by atoms with Crippen LogP contribution in [0.3, 0.4) is 0 Å². The second-order valence-electron chi connectivity index (χ2n) is 4.67. The standard InChI is InChI=1S/C15H10ClFN4/c1-8-2-3-9(7-18)4-13(8)21-14-6-11(17)10(16)5-12(14)20-15(21)19/h2-6H,1H3,(H2,19,20). The van der Waals surface area contributed by atoms with Crippen molar-refractivity contribution >= 4 is 28.6 Å². The summed E-state index contributed by atoms with van der Waals surface area (Å²) in [6, 6.07) is 10.0. The van der Waals surface area contributed by atoms with Gasteiger partial charge in [0.25, 0.3) is 0 Å². The third-order valence-corrected chi connectivity index (χ3v) is 3.59. The summed E-state index contributed by atoms with van der Waals surface area (Å²) in [6.07, 6.45) is 0. The number of hydrogen-bond acceptors (Lipinski definition) is 3. The van der Waals surface area contributed by atoms with Crippen molar-refractivity contribution in [2.24, 2.45) is 0 Å². The van der Waals surface area contributed by atoms with Gasteiger partial charge in [0.15, 0.2) is 0 Å². The van der Waals surface area contributed by atoms with Crippen molar-refractivity contribution in [1.29, 1.82) is 5.26 Å². The van der Waals surface area contributed by atoms with Crippen molar-refractivity contribution in [3.63, 3.8) is 0 Å². The zero-order valence-corrected chi connectivity index (χ0v) is 11.8. The summed E-state index contributed by atoms with van der Waals surface area (Å²) in [6.45, 7) is 1.88. The van der Waals surface area contributed by atoms with E-state index in [0.717, 1.165) is 5.56 Å². The number of nitrogens with zero attached hydrogens (tertiary/aromatic N) is 3. The number of nitrogen functional groups attached to an aromatic ring is 1. The minimum atomic E-state index is -0.542. The second-order valence-corrected chi connectivity index (χ2v) is 5.08. The van der Waals surface area contributed by atoms with E-state index < -0.39 is 5.82 Å². The zero-order valence-electron chi connectivity index (χ0n) is 11.1. The van der Waals surface area contributed by atoms with Crippen LogP contribution in [0.25, 0.3) is 16.7 Å². The SMILES string of the molecule is Cc1ccc(C#N)cc1-n1c(N)nc2cc(Cl)c(F)cc21. The van der Waals surface area contributed by atoms with Gasteiger partial charge in [0.05, 0.1) is 33.4 Å². The first-order valence-electron chi connectivity index (χ1n) is 6.15. The Morgan fingerprint density at radius 3 is 2.81 bits per heavy atom. The van der Waals surface area contributed by atoms with Gasteiger partial charge in [0.1, 0.15) is 5.82 Å². The molecule has 1 heterocycles. The van der Waals surface area contributed by atoms with Gasteiger partial charge in [-0.2, -0.15) is 5.26 Å². The Hall–Kier alpha value is -2.58. The van der Waals surface area contributed by atoms with Crippen molar-refractivity contribution < 1.29 is 4.39 Å². The number of anilines is 1. The van der Waals surface area contributed by atoms with Gasteiger partial charge in [-0.25, -0.2) is 9.37 Å². The number of aryl methyl sites for hydroxylation is 1. The van der Waals surface area contributed by atoms with Crippen molar-refractivity contribution in [2.45, 2.75) is 6.92 Å². The summed E-state index contributed by atoms with van der Waals surface area (Å²) >= 11 is 5.77. The molecule has 0 aliphatic heterocycles. The molecule has 0 bridgehead atoms. The Balaban J connectivity index is 2.38. The fraction of sp³-hybridized carbons (Fsp3) is 0.0667. The van der Waals surface area contributed by atoms with Gasteiger partial charge in [0, 0.05) is 6.07 Å². The zero-order chi connectivity index (χ0) is 15.1. The van der Waals surface area contributed by atoms with Crippen molar-refractivity contribution in [3.05, 3.63) is 52.3 Å². The highest BCUT2D eigenvalue weighted by molar-refractivity contribution is 6.31. The fourth-order valence-corrected chi connectivity index (χ4v) is 2.42. The number of nitriles is 1. The number of fused-ring (bicyclic) bond motifs is 1. The Labute approximate surface area is 125 Å². The molecule has 0 unspecified atom stereocenters. The van der Waals surface area contributed by atoms with Crippen LogP contribution < -0.4 is 5.73 Å². The Morgan fingerprint density at radius 1 is 1.33 bits per heavy atom. The number of nitrogens with two attached hydrogens (primary N) is 1. The first-order valence-corrected chi connectivity index (χ1v) is 6.53. The number of halogens is 2. The Morgan fingerprint density at radius 2 is 2.10 bits per heavy atom. The topological polar surface area (TPSA) is 67.6 Å². The van der Waals surface area contributed by atoms with E-state index in [-0.39, 0.29) is 11.0 Å². The monoisotopic (exact) mass is 300 g/mol. The first-order chi connectivity index (χ1) is 10.0. The van der Waals surface area contributed by atoms with E-state index >= 15 is 0 Å². The normalized spacial score (nSPS) is 10.8. The van der Waals surface area contributed by atoms with Crippen LogP contribution in [-0.2, 0) is 0 Å². The van der Waals surface area contributed by atoms with Crippen LogP contribution >= 0.6 is 11.6 Å². The highest BCUT2D eigenvalue weighted by Gasteiger charge is 2.15. The molecule has 104 valence electrons. The maximum absolute atomic E-state index is 13.7. The van der Waals surface area contributed by atoms with Gasteiger partial charge in [-0.05, 0) is 30.7 Å². The molecule has 0 radical (unpaired) electrons. The van der Waals surface area contributed by atoms with Crippen molar-refractivity contribution in [3.8, 4) is 11.8 Å². The minimum Gasteiger partial charge on any atom is -0.369 e. The molecular formula is C15H10ClFN4. The molecule has 4 nitrogen and oxygen atoms in total. The average Bonchev–Trinajstić information content (AvgIpc) is 2.75. The predicted molar refractivity (Wildman–Crippen MR) is 79.9 cm³/mol. The van der Waals surface area contributed by atoms with Crippen LogP contribution in [-0.4, -0.2) is 9.55 Å². The van der Waals surface area contributed by atoms with Gasteiger partial charge in [-0.15, -0.1) is 0 Å². The van der Waals surface area contributed by atoms with Crippen molar-refractivity contribution in [1.82, 2.24) is 9.55 Å². The number of benzene rings is 2.